The molecule has 0 radical (unpaired) electrons. The first-order valence-corrected chi connectivity index (χ1v) is 6.33. The molecule has 0 unspecified atom stereocenters. The topological polar surface area (TPSA) is 90.7 Å². The van der Waals surface area contributed by atoms with Crippen LogP contribution in [0.5, 0.6) is 11.5 Å². The minimum Gasteiger partial charge on any atom is -0.497 e. The van der Waals surface area contributed by atoms with E-state index >= 15 is 0 Å². The van der Waals surface area contributed by atoms with Crippen molar-refractivity contribution in [3.63, 3.8) is 0 Å². The Morgan fingerprint density at radius 1 is 1.14 bits per heavy atom. The average Bonchev–Trinajstić information content (AvgIpc) is 2.54. The highest BCUT2D eigenvalue weighted by Crippen LogP contribution is 2.29. The lowest BCUT2D eigenvalue weighted by Gasteiger charge is -2.10. The summed E-state index contributed by atoms with van der Waals surface area (Å²) in [5.74, 6) is 0.403. The van der Waals surface area contributed by atoms with Crippen molar-refractivity contribution in [3.05, 3.63) is 58.1 Å². The van der Waals surface area contributed by atoms with E-state index in [0.29, 0.717) is 17.0 Å². The molecule has 0 aliphatic heterocycles. The molecule has 0 spiro atoms. The highest BCUT2D eigenvalue weighted by atomic mass is 16.6. The number of carbonyl (C=O) groups is 1. The van der Waals surface area contributed by atoms with Crippen LogP contribution in [0, 0.1) is 10.1 Å². The van der Waals surface area contributed by atoms with Crippen molar-refractivity contribution in [1.82, 2.24) is 0 Å². The third-order valence-electron chi connectivity index (χ3n) is 2.98. The van der Waals surface area contributed by atoms with Gasteiger partial charge in [-0.2, -0.15) is 0 Å². The lowest BCUT2D eigenvalue weighted by Crippen LogP contribution is -2.12. The Bertz CT molecular complexity index is 715. The Balaban J connectivity index is 2.25. The molecular weight excluding hydrogens is 288 g/mol. The third-order valence-corrected chi connectivity index (χ3v) is 2.98. The van der Waals surface area contributed by atoms with Crippen LogP contribution in [0.4, 0.5) is 11.4 Å². The van der Waals surface area contributed by atoms with Gasteiger partial charge in [-0.25, -0.2) is 0 Å². The fourth-order valence-corrected chi connectivity index (χ4v) is 1.86. The van der Waals surface area contributed by atoms with Gasteiger partial charge in [0, 0.05) is 11.6 Å². The second kappa shape index (κ2) is 6.57. The largest absolute Gasteiger partial charge is 0.497 e. The fraction of sp³-hybridized carbons (Fsp3) is 0.133. The number of hydrogen-bond acceptors (Lipinski definition) is 5. The number of nitro benzene ring substituents is 1. The van der Waals surface area contributed by atoms with Crippen molar-refractivity contribution in [2.45, 2.75) is 0 Å². The number of hydrogen-bond donors (Lipinski definition) is 1. The first-order chi connectivity index (χ1) is 10.5. The Labute approximate surface area is 126 Å². The Kier molecular flexibility index (Phi) is 4.57. The molecule has 0 aromatic heterocycles. The van der Waals surface area contributed by atoms with Gasteiger partial charge in [0.15, 0.2) is 0 Å². The summed E-state index contributed by atoms with van der Waals surface area (Å²) in [5, 5.41) is 13.4. The van der Waals surface area contributed by atoms with E-state index in [1.807, 2.05) is 0 Å². The van der Waals surface area contributed by atoms with Crippen molar-refractivity contribution in [1.29, 1.82) is 0 Å². The Hall–Kier alpha value is -3.09. The van der Waals surface area contributed by atoms with Crippen LogP contribution in [0.1, 0.15) is 10.4 Å². The quantitative estimate of drug-likeness (QED) is 0.677. The van der Waals surface area contributed by atoms with E-state index in [4.69, 9.17) is 9.47 Å². The highest BCUT2D eigenvalue weighted by molar-refractivity contribution is 6.05. The molecule has 0 atom stereocenters. The molecule has 22 heavy (non-hydrogen) atoms. The lowest BCUT2D eigenvalue weighted by molar-refractivity contribution is -0.384. The zero-order valence-electron chi connectivity index (χ0n) is 12.0. The maximum absolute atomic E-state index is 12.2. The number of amides is 1. The van der Waals surface area contributed by atoms with Crippen LogP contribution < -0.4 is 14.8 Å². The van der Waals surface area contributed by atoms with Gasteiger partial charge in [-0.05, 0) is 24.3 Å². The highest BCUT2D eigenvalue weighted by Gasteiger charge is 2.14. The summed E-state index contributed by atoms with van der Waals surface area (Å²) in [6.07, 6.45) is 0. The van der Waals surface area contributed by atoms with Crippen molar-refractivity contribution < 1.29 is 19.2 Å². The molecule has 114 valence electrons. The van der Waals surface area contributed by atoms with E-state index in [2.05, 4.69) is 5.32 Å². The summed E-state index contributed by atoms with van der Waals surface area (Å²) < 4.78 is 10.1. The Morgan fingerprint density at radius 2 is 1.91 bits per heavy atom. The zero-order valence-corrected chi connectivity index (χ0v) is 12.0. The van der Waals surface area contributed by atoms with Gasteiger partial charge in [0.05, 0.1) is 30.9 Å². The number of anilines is 1. The molecule has 1 amide bonds. The molecule has 7 nitrogen and oxygen atoms in total. The van der Waals surface area contributed by atoms with E-state index in [9.17, 15) is 14.9 Å². The Morgan fingerprint density at radius 3 is 2.55 bits per heavy atom. The smallest absolute Gasteiger partial charge is 0.273 e. The normalized spacial score (nSPS) is 9.91. The molecule has 7 heteroatoms. The number of nitrogens with zero attached hydrogens (tertiary/aromatic N) is 1. The molecule has 1 N–H and O–H groups in total. The monoisotopic (exact) mass is 302 g/mol. The molecule has 2 aromatic carbocycles. The van der Waals surface area contributed by atoms with Gasteiger partial charge in [0.2, 0.25) is 0 Å². The SMILES string of the molecule is COc1cccc(C(=O)Nc2ccc([N+](=O)[O-])cc2OC)c1. The molecule has 0 aliphatic carbocycles. The maximum Gasteiger partial charge on any atom is 0.273 e. The summed E-state index contributed by atoms with van der Waals surface area (Å²) in [4.78, 5) is 22.4. The number of carbonyl (C=O) groups excluding carboxylic acids is 1. The zero-order chi connectivity index (χ0) is 16.1. The van der Waals surface area contributed by atoms with Gasteiger partial charge in [-0.3, -0.25) is 14.9 Å². The van der Waals surface area contributed by atoms with E-state index in [1.54, 1.807) is 24.3 Å². The number of nitrogens with one attached hydrogen (secondary N) is 1. The fourth-order valence-electron chi connectivity index (χ4n) is 1.86. The van der Waals surface area contributed by atoms with Gasteiger partial charge < -0.3 is 14.8 Å². The van der Waals surface area contributed by atoms with Crippen molar-refractivity contribution in [2.24, 2.45) is 0 Å². The standard InChI is InChI=1S/C15H14N2O5/c1-21-12-5-3-4-10(8-12)15(18)16-13-7-6-11(17(19)20)9-14(13)22-2/h3-9H,1-2H3,(H,16,18). The predicted molar refractivity (Wildman–Crippen MR) is 80.6 cm³/mol. The molecule has 0 fully saturated rings. The number of ether oxygens (including phenoxy) is 2. The molecule has 2 rings (SSSR count). The van der Waals surface area contributed by atoms with Crippen LogP contribution >= 0.6 is 0 Å². The lowest BCUT2D eigenvalue weighted by atomic mass is 10.2. The summed E-state index contributed by atoms with van der Waals surface area (Å²) in [6.45, 7) is 0. The van der Waals surface area contributed by atoms with Crippen molar-refractivity contribution in [2.75, 3.05) is 19.5 Å². The van der Waals surface area contributed by atoms with Crippen LogP contribution in [-0.4, -0.2) is 25.1 Å². The van der Waals surface area contributed by atoms with Gasteiger partial charge >= 0.3 is 0 Å². The van der Waals surface area contributed by atoms with E-state index in [1.165, 1.54) is 32.4 Å². The second-order valence-corrected chi connectivity index (χ2v) is 4.33. The van der Waals surface area contributed by atoms with Gasteiger partial charge in [0.25, 0.3) is 11.6 Å². The average molecular weight is 302 g/mol. The summed E-state index contributed by atoms with van der Waals surface area (Å²) in [6, 6.07) is 10.6. The molecule has 2 aromatic rings. The number of rotatable bonds is 5. The molecular formula is C15H14N2O5. The first kappa shape index (κ1) is 15.3. The van der Waals surface area contributed by atoms with Crippen molar-refractivity contribution >= 4 is 17.3 Å². The molecule has 0 saturated heterocycles. The molecule has 0 bridgehead atoms. The second-order valence-electron chi connectivity index (χ2n) is 4.33. The molecule has 0 heterocycles. The summed E-state index contributed by atoms with van der Waals surface area (Å²) >= 11 is 0. The minimum atomic E-state index is -0.532. The van der Waals surface area contributed by atoms with Crippen LogP contribution in [0.25, 0.3) is 0 Å². The van der Waals surface area contributed by atoms with Crippen LogP contribution in [0.2, 0.25) is 0 Å². The minimum absolute atomic E-state index is 0.115. The van der Waals surface area contributed by atoms with Crippen molar-refractivity contribution in [3.8, 4) is 11.5 Å². The third kappa shape index (κ3) is 3.32. The van der Waals surface area contributed by atoms with Gasteiger partial charge in [-0.15, -0.1) is 0 Å². The summed E-state index contributed by atoms with van der Waals surface area (Å²) in [7, 11) is 2.89. The van der Waals surface area contributed by atoms with E-state index in [0.717, 1.165) is 0 Å². The van der Waals surface area contributed by atoms with Gasteiger partial charge in [0.1, 0.15) is 11.5 Å². The van der Waals surface area contributed by atoms with Crippen LogP contribution in [0.3, 0.4) is 0 Å². The van der Waals surface area contributed by atoms with E-state index < -0.39 is 4.92 Å². The molecule has 0 aliphatic rings. The van der Waals surface area contributed by atoms with Gasteiger partial charge in [-0.1, -0.05) is 6.07 Å². The maximum atomic E-state index is 12.2. The van der Waals surface area contributed by atoms with Crippen LogP contribution in [-0.2, 0) is 0 Å². The number of non-ortho nitro benzene ring substituents is 1. The number of methoxy groups -OCH3 is 2. The van der Waals surface area contributed by atoms with Crippen LogP contribution in [0.15, 0.2) is 42.5 Å². The number of benzene rings is 2. The number of nitro groups is 1. The first-order valence-electron chi connectivity index (χ1n) is 6.33. The van der Waals surface area contributed by atoms with E-state index in [-0.39, 0.29) is 17.3 Å². The molecule has 0 saturated carbocycles. The summed E-state index contributed by atoms with van der Waals surface area (Å²) in [5.41, 5.74) is 0.636. The predicted octanol–water partition coefficient (Wildman–Crippen LogP) is 2.86.